The van der Waals surface area contributed by atoms with Crippen LogP contribution in [0.5, 0.6) is 0 Å². The predicted molar refractivity (Wildman–Crippen MR) is 137 cm³/mol. The van der Waals surface area contributed by atoms with E-state index in [1.165, 1.54) is 0 Å². The minimum atomic E-state index is -1.49. The number of aromatic nitrogens is 1. The fourth-order valence-electron chi connectivity index (χ4n) is 3.82. The van der Waals surface area contributed by atoms with Crippen LogP contribution in [-0.2, 0) is 30.4 Å². The quantitative estimate of drug-likeness (QED) is 0.147. The van der Waals surface area contributed by atoms with Crippen molar-refractivity contribution in [3.05, 3.63) is 36.0 Å². The first-order chi connectivity index (χ1) is 18.0. The molecule has 9 N–H and O–H groups in total. The number of carboxylic acids is 2. The largest absolute Gasteiger partial charge is 0.481 e. The average molecular weight is 534 g/mol. The second-order valence-electron chi connectivity index (χ2n) is 9.12. The first-order valence-electron chi connectivity index (χ1n) is 12.3. The minimum absolute atomic E-state index is 0.0162. The van der Waals surface area contributed by atoms with Gasteiger partial charge in [-0.3, -0.25) is 19.2 Å². The van der Waals surface area contributed by atoms with Crippen molar-refractivity contribution in [3.63, 3.8) is 0 Å². The van der Waals surface area contributed by atoms with Gasteiger partial charge in [-0.05, 0) is 24.0 Å². The summed E-state index contributed by atoms with van der Waals surface area (Å²) in [7, 11) is 0. The molecule has 1 heterocycles. The monoisotopic (exact) mass is 533 g/mol. The molecule has 5 atom stereocenters. The van der Waals surface area contributed by atoms with Crippen LogP contribution in [0.3, 0.4) is 0 Å². The van der Waals surface area contributed by atoms with Crippen molar-refractivity contribution in [3.8, 4) is 0 Å². The number of benzene rings is 1. The lowest BCUT2D eigenvalue weighted by atomic mass is 9.99. The van der Waals surface area contributed by atoms with Crippen molar-refractivity contribution in [2.24, 2.45) is 11.7 Å². The van der Waals surface area contributed by atoms with E-state index in [-0.39, 0.29) is 19.3 Å². The molecule has 0 bridgehead atoms. The number of fused-ring (bicyclic) bond motifs is 1. The van der Waals surface area contributed by atoms with E-state index in [4.69, 9.17) is 10.8 Å². The van der Waals surface area contributed by atoms with Crippen LogP contribution in [-0.4, -0.2) is 80.7 Å². The Morgan fingerprint density at radius 2 is 1.61 bits per heavy atom. The third-order valence-corrected chi connectivity index (χ3v) is 6.33. The molecular formula is C25H35N5O8. The van der Waals surface area contributed by atoms with Crippen LogP contribution in [0.15, 0.2) is 30.5 Å². The van der Waals surface area contributed by atoms with Gasteiger partial charge in [0.25, 0.3) is 0 Å². The smallest absolute Gasteiger partial charge is 0.326 e. The van der Waals surface area contributed by atoms with Gasteiger partial charge in [0.2, 0.25) is 17.7 Å². The zero-order valence-electron chi connectivity index (χ0n) is 21.3. The van der Waals surface area contributed by atoms with E-state index < -0.39 is 66.4 Å². The number of nitrogens with two attached hydrogens (primary N) is 1. The molecule has 0 saturated carbocycles. The SMILES string of the molecule is CCC(C)C(NC(=O)C(CO)NC(=O)C(Cc1c[nH]c2ccccc12)NC(=O)C(N)CCC(=O)O)C(=O)O. The van der Waals surface area contributed by atoms with Gasteiger partial charge in [-0.15, -0.1) is 0 Å². The van der Waals surface area contributed by atoms with Crippen LogP contribution in [0.1, 0.15) is 38.7 Å². The number of carbonyl (C=O) groups is 5. The molecule has 0 fully saturated rings. The van der Waals surface area contributed by atoms with Gasteiger partial charge in [-0.1, -0.05) is 38.5 Å². The van der Waals surface area contributed by atoms with E-state index in [0.29, 0.717) is 12.0 Å². The molecule has 0 spiro atoms. The Balaban J connectivity index is 2.23. The number of aliphatic carboxylic acids is 2. The van der Waals surface area contributed by atoms with Gasteiger partial charge in [0.05, 0.1) is 12.6 Å². The van der Waals surface area contributed by atoms with Crippen LogP contribution >= 0.6 is 0 Å². The summed E-state index contributed by atoms with van der Waals surface area (Å²) < 4.78 is 0. The van der Waals surface area contributed by atoms with Crippen LogP contribution in [0.25, 0.3) is 10.9 Å². The van der Waals surface area contributed by atoms with Crippen molar-refractivity contribution in [1.29, 1.82) is 0 Å². The number of para-hydroxylation sites is 1. The molecule has 2 rings (SSSR count). The summed E-state index contributed by atoms with van der Waals surface area (Å²) in [5, 5.41) is 36.1. The molecule has 0 radical (unpaired) electrons. The highest BCUT2D eigenvalue weighted by Crippen LogP contribution is 2.19. The molecule has 0 saturated heterocycles. The van der Waals surface area contributed by atoms with E-state index >= 15 is 0 Å². The Kier molecular flexibility index (Phi) is 11.2. The highest BCUT2D eigenvalue weighted by atomic mass is 16.4. The van der Waals surface area contributed by atoms with Crippen molar-refractivity contribution in [2.75, 3.05) is 6.61 Å². The number of aromatic amines is 1. The maximum absolute atomic E-state index is 13.2. The summed E-state index contributed by atoms with van der Waals surface area (Å²) in [6.07, 6.45) is 1.62. The van der Waals surface area contributed by atoms with Gasteiger partial charge in [-0.2, -0.15) is 0 Å². The summed E-state index contributed by atoms with van der Waals surface area (Å²) >= 11 is 0. The number of aliphatic hydroxyl groups is 1. The Morgan fingerprint density at radius 3 is 2.21 bits per heavy atom. The Bertz CT molecular complexity index is 1150. The minimum Gasteiger partial charge on any atom is -0.481 e. The van der Waals surface area contributed by atoms with Crippen LogP contribution in [0, 0.1) is 5.92 Å². The first kappa shape index (κ1) is 30.3. The zero-order valence-corrected chi connectivity index (χ0v) is 21.3. The van der Waals surface area contributed by atoms with Gasteiger partial charge in [0.15, 0.2) is 0 Å². The number of rotatable bonds is 15. The van der Waals surface area contributed by atoms with Crippen LogP contribution in [0.4, 0.5) is 0 Å². The van der Waals surface area contributed by atoms with Gasteiger partial charge in [0, 0.05) is 29.9 Å². The van der Waals surface area contributed by atoms with E-state index in [0.717, 1.165) is 10.9 Å². The van der Waals surface area contributed by atoms with Crippen LogP contribution < -0.4 is 21.7 Å². The number of aliphatic hydroxyl groups excluding tert-OH is 1. The summed E-state index contributed by atoms with van der Waals surface area (Å²) in [6, 6.07) is 2.11. The summed E-state index contributed by atoms with van der Waals surface area (Å²) in [6.45, 7) is 2.58. The molecule has 1 aromatic heterocycles. The molecule has 5 unspecified atom stereocenters. The molecule has 3 amide bonds. The van der Waals surface area contributed by atoms with Crippen molar-refractivity contribution >= 4 is 40.6 Å². The third kappa shape index (κ3) is 8.28. The number of hydrogen-bond donors (Lipinski definition) is 8. The average Bonchev–Trinajstić information content (AvgIpc) is 3.30. The number of carbonyl (C=O) groups excluding carboxylic acids is 3. The fraction of sp³-hybridized carbons (Fsp3) is 0.480. The molecule has 0 aliphatic carbocycles. The van der Waals surface area contributed by atoms with Crippen molar-refractivity contribution in [2.45, 2.75) is 63.7 Å². The Labute approximate surface area is 219 Å². The molecule has 0 aliphatic rings. The molecule has 208 valence electrons. The number of carboxylic acid groups (broad SMARTS) is 2. The maximum atomic E-state index is 13.2. The highest BCUT2D eigenvalue weighted by molar-refractivity contribution is 5.95. The Hall–Kier alpha value is -3.97. The van der Waals surface area contributed by atoms with Gasteiger partial charge in [-0.25, -0.2) is 4.79 Å². The second kappa shape index (κ2) is 14.1. The maximum Gasteiger partial charge on any atom is 0.326 e. The normalized spacial score (nSPS) is 15.1. The summed E-state index contributed by atoms with van der Waals surface area (Å²) in [4.78, 5) is 64.1. The summed E-state index contributed by atoms with van der Waals surface area (Å²) in [5.74, 6) is -5.28. The van der Waals surface area contributed by atoms with E-state index in [9.17, 15) is 34.2 Å². The van der Waals surface area contributed by atoms with E-state index in [1.54, 1.807) is 26.1 Å². The molecule has 0 aliphatic heterocycles. The Morgan fingerprint density at radius 1 is 0.974 bits per heavy atom. The van der Waals surface area contributed by atoms with E-state index in [2.05, 4.69) is 20.9 Å². The topological polar surface area (TPSA) is 224 Å². The lowest BCUT2D eigenvalue weighted by Crippen LogP contribution is -2.59. The molecule has 13 nitrogen and oxygen atoms in total. The van der Waals surface area contributed by atoms with Gasteiger partial charge in [0.1, 0.15) is 18.1 Å². The predicted octanol–water partition coefficient (Wildman–Crippen LogP) is -0.520. The zero-order chi connectivity index (χ0) is 28.4. The highest BCUT2D eigenvalue weighted by Gasteiger charge is 2.32. The summed E-state index contributed by atoms with van der Waals surface area (Å²) in [5.41, 5.74) is 7.27. The third-order valence-electron chi connectivity index (χ3n) is 6.33. The number of amides is 3. The fourth-order valence-corrected chi connectivity index (χ4v) is 3.82. The molecular weight excluding hydrogens is 498 g/mol. The first-order valence-corrected chi connectivity index (χ1v) is 12.3. The standard InChI is InChI=1S/C25H35N5O8/c1-3-13(2)21(25(37)38)30-24(36)19(12-31)29-23(35)18(28-22(34)16(26)8-9-20(32)33)10-14-11-27-17-7-5-4-6-15(14)17/h4-7,11,13,16,18-19,21,27,31H,3,8-10,12,26H2,1-2H3,(H,28,34)(H,29,35)(H,30,36)(H,32,33)(H,37,38). The lowest BCUT2D eigenvalue weighted by molar-refractivity contribution is -0.144. The van der Waals surface area contributed by atoms with E-state index in [1.807, 2.05) is 18.2 Å². The number of nitrogens with one attached hydrogen (secondary N) is 4. The van der Waals surface area contributed by atoms with Crippen molar-refractivity contribution < 1.29 is 39.3 Å². The van der Waals surface area contributed by atoms with Gasteiger partial charge >= 0.3 is 11.9 Å². The molecule has 13 heteroatoms. The van der Waals surface area contributed by atoms with Crippen molar-refractivity contribution in [1.82, 2.24) is 20.9 Å². The molecule has 1 aromatic carbocycles. The van der Waals surface area contributed by atoms with Crippen LogP contribution in [0.2, 0.25) is 0 Å². The lowest BCUT2D eigenvalue weighted by Gasteiger charge is -2.25. The number of hydrogen-bond acceptors (Lipinski definition) is 7. The second-order valence-corrected chi connectivity index (χ2v) is 9.12. The molecule has 2 aromatic rings. The molecule has 38 heavy (non-hydrogen) atoms. The van der Waals surface area contributed by atoms with Gasteiger partial charge < -0.3 is 42.0 Å². The number of H-pyrrole nitrogens is 1.